The lowest BCUT2D eigenvalue weighted by atomic mass is 10.2. The van der Waals surface area contributed by atoms with Gasteiger partial charge < -0.3 is 4.42 Å². The zero-order chi connectivity index (χ0) is 18.6. The number of rotatable bonds is 5. The van der Waals surface area contributed by atoms with Gasteiger partial charge >= 0.3 is 0 Å². The van der Waals surface area contributed by atoms with Crippen LogP contribution in [0.15, 0.2) is 81.3 Å². The monoisotopic (exact) mass is 375 g/mol. The van der Waals surface area contributed by atoms with Crippen molar-refractivity contribution in [3.05, 3.63) is 72.6 Å². The van der Waals surface area contributed by atoms with Gasteiger partial charge in [-0.3, -0.25) is 9.78 Å². The molecule has 1 N–H and O–H groups in total. The Kier molecular flexibility index (Phi) is 4.89. The number of carbonyl (C=O) groups is 1. The van der Waals surface area contributed by atoms with Crippen LogP contribution in [0.4, 0.5) is 0 Å². The molecule has 0 aliphatic carbocycles. The number of hydrazone groups is 1. The molecule has 0 saturated carbocycles. The maximum Gasteiger partial charge on any atom is 0.250 e. The molecular weight excluding hydrogens is 358 g/mol. The number of hydrogen-bond donors (Lipinski definition) is 1. The summed E-state index contributed by atoms with van der Waals surface area (Å²) in [7, 11) is 0. The fourth-order valence-corrected chi connectivity index (χ4v) is 3.56. The Labute approximate surface area is 160 Å². The van der Waals surface area contributed by atoms with Gasteiger partial charge in [-0.2, -0.15) is 5.10 Å². The number of fused-ring (bicyclic) bond motifs is 2. The Morgan fingerprint density at radius 2 is 1.93 bits per heavy atom. The third-order valence-electron chi connectivity index (χ3n) is 4.08. The number of para-hydroxylation sites is 2. The van der Waals surface area contributed by atoms with Crippen LogP contribution in [0, 0.1) is 0 Å². The predicted molar refractivity (Wildman–Crippen MR) is 109 cm³/mol. The maximum atomic E-state index is 12.2. The quantitative estimate of drug-likeness (QED) is 0.314. The fraction of sp³-hybridized carbons (Fsp3) is 0.0952. The van der Waals surface area contributed by atoms with Crippen LogP contribution in [0.25, 0.3) is 21.9 Å². The van der Waals surface area contributed by atoms with Crippen LogP contribution in [-0.4, -0.2) is 22.4 Å². The number of thioether (sulfide) groups is 1. The highest BCUT2D eigenvalue weighted by atomic mass is 32.2. The zero-order valence-electron chi connectivity index (χ0n) is 14.7. The minimum absolute atomic E-state index is 0.177. The summed E-state index contributed by atoms with van der Waals surface area (Å²) in [6, 6.07) is 19.5. The van der Waals surface area contributed by atoms with E-state index < -0.39 is 0 Å². The summed E-state index contributed by atoms with van der Waals surface area (Å²) in [5, 5.41) is 6.22. The summed E-state index contributed by atoms with van der Waals surface area (Å²) in [5.41, 5.74) is 4.91. The average molecular weight is 375 g/mol. The van der Waals surface area contributed by atoms with Crippen LogP contribution in [0.3, 0.4) is 0 Å². The van der Waals surface area contributed by atoms with Gasteiger partial charge in [0.15, 0.2) is 5.76 Å². The summed E-state index contributed by atoms with van der Waals surface area (Å²) in [6.07, 6.45) is 1.76. The van der Waals surface area contributed by atoms with Crippen molar-refractivity contribution in [2.45, 2.75) is 11.8 Å². The van der Waals surface area contributed by atoms with Gasteiger partial charge in [0, 0.05) is 21.9 Å². The largest absolute Gasteiger partial charge is 0.455 e. The summed E-state index contributed by atoms with van der Waals surface area (Å²) in [6.45, 7) is 1.81. The zero-order valence-corrected chi connectivity index (χ0v) is 15.5. The number of nitrogens with one attached hydrogen (secondary N) is 1. The molecule has 27 heavy (non-hydrogen) atoms. The Morgan fingerprint density at radius 1 is 1.11 bits per heavy atom. The maximum absolute atomic E-state index is 12.2. The molecule has 4 rings (SSSR count). The molecule has 0 saturated heterocycles. The van der Waals surface area contributed by atoms with E-state index in [0.29, 0.717) is 11.5 Å². The number of furan rings is 1. The fourth-order valence-electron chi connectivity index (χ4n) is 2.73. The molecular formula is C21H17N3O2S. The smallest absolute Gasteiger partial charge is 0.250 e. The van der Waals surface area contributed by atoms with Crippen molar-refractivity contribution >= 4 is 45.3 Å². The average Bonchev–Trinajstić information content (AvgIpc) is 3.15. The molecule has 2 heterocycles. The number of benzene rings is 2. The van der Waals surface area contributed by atoms with Crippen molar-refractivity contribution in [3.63, 3.8) is 0 Å². The lowest BCUT2D eigenvalue weighted by Crippen LogP contribution is -2.21. The van der Waals surface area contributed by atoms with Gasteiger partial charge in [-0.25, -0.2) is 5.43 Å². The molecule has 6 heteroatoms. The van der Waals surface area contributed by atoms with Gasteiger partial charge in [0.25, 0.3) is 0 Å². The van der Waals surface area contributed by atoms with Crippen LogP contribution in [0.5, 0.6) is 0 Å². The lowest BCUT2D eigenvalue weighted by molar-refractivity contribution is -0.118. The minimum Gasteiger partial charge on any atom is -0.455 e. The second-order valence-corrected chi connectivity index (χ2v) is 7.02. The highest BCUT2D eigenvalue weighted by Gasteiger charge is 2.09. The molecule has 1 amide bonds. The standard InChI is InChI=1S/C21H17N3O2S/c1-14(18-12-16-6-2-3-9-17(16)26-18)23-24-20(25)13-27-19-10-4-7-15-8-5-11-22-21(15)19/h2-12H,13H2,1H3,(H,24,25)/b23-14-. The number of amides is 1. The molecule has 0 aliphatic heterocycles. The van der Waals surface area contributed by atoms with E-state index in [-0.39, 0.29) is 11.7 Å². The number of carbonyl (C=O) groups excluding carboxylic acids is 1. The summed E-state index contributed by atoms with van der Waals surface area (Å²) in [4.78, 5) is 17.5. The lowest BCUT2D eigenvalue weighted by Gasteiger charge is -2.05. The number of pyridine rings is 1. The SMILES string of the molecule is C/C(=N/NC(=O)CSc1cccc2cccnc12)c1cc2ccccc2o1. The molecule has 0 atom stereocenters. The third kappa shape index (κ3) is 3.85. The third-order valence-corrected chi connectivity index (χ3v) is 5.13. The molecule has 134 valence electrons. The van der Waals surface area contributed by atoms with Crippen molar-refractivity contribution in [1.82, 2.24) is 10.4 Å². The van der Waals surface area contributed by atoms with E-state index in [1.165, 1.54) is 11.8 Å². The Morgan fingerprint density at radius 3 is 2.81 bits per heavy atom. The molecule has 2 aromatic carbocycles. The van der Waals surface area contributed by atoms with Crippen molar-refractivity contribution in [2.24, 2.45) is 5.10 Å². The predicted octanol–water partition coefficient (Wildman–Crippen LogP) is 4.61. The van der Waals surface area contributed by atoms with Gasteiger partial charge in [0.1, 0.15) is 11.3 Å². The molecule has 0 fully saturated rings. The second-order valence-electron chi connectivity index (χ2n) is 6.00. The van der Waals surface area contributed by atoms with E-state index in [4.69, 9.17) is 4.42 Å². The number of aromatic nitrogens is 1. The van der Waals surface area contributed by atoms with Crippen molar-refractivity contribution < 1.29 is 9.21 Å². The summed E-state index contributed by atoms with van der Waals surface area (Å²) in [5.74, 6) is 0.720. The van der Waals surface area contributed by atoms with Crippen LogP contribution >= 0.6 is 11.8 Å². The van der Waals surface area contributed by atoms with Crippen LogP contribution < -0.4 is 5.43 Å². The van der Waals surface area contributed by atoms with Gasteiger partial charge in [-0.15, -0.1) is 11.8 Å². The first-order chi connectivity index (χ1) is 13.2. The van der Waals surface area contributed by atoms with Gasteiger partial charge in [0.05, 0.1) is 11.3 Å². The highest BCUT2D eigenvalue weighted by molar-refractivity contribution is 8.00. The second kappa shape index (κ2) is 7.63. The highest BCUT2D eigenvalue weighted by Crippen LogP contribution is 2.25. The molecule has 5 nitrogen and oxygen atoms in total. The normalized spacial score (nSPS) is 11.8. The number of nitrogens with zero attached hydrogens (tertiary/aromatic N) is 2. The van der Waals surface area contributed by atoms with E-state index in [9.17, 15) is 4.79 Å². The van der Waals surface area contributed by atoms with Crippen molar-refractivity contribution in [2.75, 3.05) is 5.75 Å². The Bertz CT molecular complexity index is 1110. The molecule has 4 aromatic rings. The summed E-state index contributed by atoms with van der Waals surface area (Å²) < 4.78 is 5.74. The van der Waals surface area contributed by atoms with Crippen LogP contribution in [0.2, 0.25) is 0 Å². The molecule has 0 spiro atoms. The molecule has 2 aromatic heterocycles. The molecule has 0 unspecified atom stereocenters. The van der Waals surface area contributed by atoms with Gasteiger partial charge in [0.2, 0.25) is 5.91 Å². The van der Waals surface area contributed by atoms with Crippen LogP contribution in [-0.2, 0) is 4.79 Å². The van der Waals surface area contributed by atoms with Gasteiger partial charge in [-0.05, 0) is 31.2 Å². The molecule has 0 aliphatic rings. The van der Waals surface area contributed by atoms with Crippen molar-refractivity contribution in [3.8, 4) is 0 Å². The first kappa shape index (κ1) is 17.3. The summed E-state index contributed by atoms with van der Waals surface area (Å²) >= 11 is 1.44. The first-order valence-electron chi connectivity index (χ1n) is 8.49. The molecule has 0 bridgehead atoms. The number of hydrogen-bond acceptors (Lipinski definition) is 5. The van der Waals surface area contributed by atoms with E-state index >= 15 is 0 Å². The first-order valence-corrected chi connectivity index (χ1v) is 9.48. The van der Waals surface area contributed by atoms with E-state index in [1.54, 1.807) is 13.1 Å². The van der Waals surface area contributed by atoms with Crippen molar-refractivity contribution in [1.29, 1.82) is 0 Å². The Hall–Kier alpha value is -3.12. The van der Waals surface area contributed by atoms with E-state index in [1.807, 2.05) is 60.7 Å². The Balaban J connectivity index is 1.41. The topological polar surface area (TPSA) is 67.5 Å². The van der Waals surface area contributed by atoms with E-state index in [2.05, 4.69) is 15.5 Å². The molecule has 0 radical (unpaired) electrons. The van der Waals surface area contributed by atoms with Crippen LogP contribution in [0.1, 0.15) is 12.7 Å². The van der Waals surface area contributed by atoms with E-state index in [0.717, 1.165) is 26.8 Å². The van der Waals surface area contributed by atoms with Gasteiger partial charge in [-0.1, -0.05) is 36.4 Å². The minimum atomic E-state index is -0.177.